The second kappa shape index (κ2) is 4.14. The lowest BCUT2D eigenvalue weighted by atomic mass is 10.1. The number of nitrogens with zero attached hydrogens (tertiary/aromatic N) is 1. The van der Waals surface area contributed by atoms with Crippen molar-refractivity contribution in [1.29, 1.82) is 0 Å². The van der Waals surface area contributed by atoms with E-state index in [0.29, 0.717) is 5.69 Å². The zero-order valence-corrected chi connectivity index (χ0v) is 8.40. The molecule has 4 nitrogen and oxygen atoms in total. The van der Waals surface area contributed by atoms with Crippen LogP contribution in [0.25, 0.3) is 11.3 Å². The predicted molar refractivity (Wildman–Crippen MR) is 56.5 cm³/mol. The molecular formula is C11H12N2O2. The second-order valence-electron chi connectivity index (χ2n) is 3.13. The highest BCUT2D eigenvalue weighted by Crippen LogP contribution is 2.28. The topological polar surface area (TPSA) is 58.1 Å². The molecular weight excluding hydrogens is 192 g/mol. The SMILES string of the molecule is COc1ccccc1-c1cc(CO)n[nH]1. The van der Waals surface area contributed by atoms with Gasteiger partial charge < -0.3 is 9.84 Å². The van der Waals surface area contributed by atoms with E-state index in [1.54, 1.807) is 13.2 Å². The number of aliphatic hydroxyl groups is 1. The number of ether oxygens (including phenoxy) is 1. The molecule has 0 saturated heterocycles. The Balaban J connectivity index is 2.44. The van der Waals surface area contributed by atoms with Crippen LogP contribution in [0.2, 0.25) is 0 Å². The number of rotatable bonds is 3. The molecule has 0 unspecified atom stereocenters. The summed E-state index contributed by atoms with van der Waals surface area (Å²) in [5.74, 6) is 0.783. The van der Waals surface area contributed by atoms with Gasteiger partial charge >= 0.3 is 0 Å². The van der Waals surface area contributed by atoms with Crippen LogP contribution < -0.4 is 4.74 Å². The van der Waals surface area contributed by atoms with Crippen LogP contribution in [0, 0.1) is 0 Å². The number of aliphatic hydroxyl groups excluding tert-OH is 1. The van der Waals surface area contributed by atoms with Crippen molar-refractivity contribution in [3.05, 3.63) is 36.0 Å². The van der Waals surface area contributed by atoms with Gasteiger partial charge in [-0.2, -0.15) is 5.10 Å². The van der Waals surface area contributed by atoms with E-state index in [2.05, 4.69) is 10.2 Å². The third kappa shape index (κ3) is 1.85. The molecule has 0 amide bonds. The summed E-state index contributed by atoms with van der Waals surface area (Å²) in [5, 5.41) is 15.7. The van der Waals surface area contributed by atoms with Gasteiger partial charge in [0.25, 0.3) is 0 Å². The number of hydrogen-bond acceptors (Lipinski definition) is 3. The van der Waals surface area contributed by atoms with E-state index in [-0.39, 0.29) is 6.61 Å². The molecule has 0 radical (unpaired) electrons. The van der Waals surface area contributed by atoms with Gasteiger partial charge in [-0.15, -0.1) is 0 Å². The van der Waals surface area contributed by atoms with Crippen LogP contribution >= 0.6 is 0 Å². The van der Waals surface area contributed by atoms with E-state index in [0.717, 1.165) is 17.0 Å². The summed E-state index contributed by atoms with van der Waals surface area (Å²) < 4.78 is 5.23. The minimum atomic E-state index is -0.0638. The molecule has 2 N–H and O–H groups in total. The normalized spacial score (nSPS) is 10.3. The van der Waals surface area contributed by atoms with Crippen LogP contribution in [-0.4, -0.2) is 22.4 Å². The Bertz CT molecular complexity index is 451. The van der Waals surface area contributed by atoms with Gasteiger partial charge in [0.05, 0.1) is 25.1 Å². The monoisotopic (exact) mass is 204 g/mol. The lowest BCUT2D eigenvalue weighted by Crippen LogP contribution is -1.87. The molecule has 1 aromatic carbocycles. The number of H-pyrrole nitrogens is 1. The summed E-state index contributed by atoms with van der Waals surface area (Å²) >= 11 is 0. The van der Waals surface area contributed by atoms with E-state index < -0.39 is 0 Å². The number of aromatic amines is 1. The molecule has 15 heavy (non-hydrogen) atoms. The first-order valence-corrected chi connectivity index (χ1v) is 4.63. The van der Waals surface area contributed by atoms with Gasteiger partial charge in [-0.1, -0.05) is 12.1 Å². The highest BCUT2D eigenvalue weighted by Gasteiger charge is 2.07. The molecule has 2 aromatic rings. The molecule has 4 heteroatoms. The molecule has 1 heterocycles. The van der Waals surface area contributed by atoms with E-state index in [1.807, 2.05) is 24.3 Å². The maximum absolute atomic E-state index is 8.91. The summed E-state index contributed by atoms with van der Waals surface area (Å²) in [5.41, 5.74) is 2.40. The smallest absolute Gasteiger partial charge is 0.128 e. The first-order valence-electron chi connectivity index (χ1n) is 4.63. The van der Waals surface area contributed by atoms with Crippen molar-refractivity contribution >= 4 is 0 Å². The van der Waals surface area contributed by atoms with Gasteiger partial charge in [-0.05, 0) is 18.2 Å². The lowest BCUT2D eigenvalue weighted by Gasteiger charge is -2.04. The Hall–Kier alpha value is -1.81. The van der Waals surface area contributed by atoms with Crippen molar-refractivity contribution in [2.45, 2.75) is 6.61 Å². The standard InChI is InChI=1S/C11H12N2O2/c1-15-11-5-3-2-4-9(11)10-6-8(7-14)12-13-10/h2-6,14H,7H2,1H3,(H,12,13). The zero-order valence-electron chi connectivity index (χ0n) is 8.40. The van der Waals surface area contributed by atoms with Gasteiger partial charge in [-0.3, -0.25) is 5.10 Å². The highest BCUT2D eigenvalue weighted by atomic mass is 16.5. The first kappa shape index (κ1) is 9.73. The maximum Gasteiger partial charge on any atom is 0.128 e. The van der Waals surface area contributed by atoms with Crippen LogP contribution in [0.15, 0.2) is 30.3 Å². The van der Waals surface area contributed by atoms with Crippen molar-refractivity contribution in [3.63, 3.8) is 0 Å². The molecule has 78 valence electrons. The number of hydrogen-bond donors (Lipinski definition) is 2. The molecule has 0 spiro atoms. The number of benzene rings is 1. The molecule has 1 aromatic heterocycles. The van der Waals surface area contributed by atoms with Crippen molar-refractivity contribution in [1.82, 2.24) is 10.2 Å². The first-order chi connectivity index (χ1) is 7.35. The Morgan fingerprint density at radius 1 is 1.40 bits per heavy atom. The third-order valence-electron chi connectivity index (χ3n) is 2.19. The van der Waals surface area contributed by atoms with Crippen molar-refractivity contribution in [2.75, 3.05) is 7.11 Å². The number of para-hydroxylation sites is 1. The number of nitrogens with one attached hydrogen (secondary N) is 1. The Morgan fingerprint density at radius 2 is 2.20 bits per heavy atom. The van der Waals surface area contributed by atoms with E-state index >= 15 is 0 Å². The van der Waals surface area contributed by atoms with Crippen molar-refractivity contribution < 1.29 is 9.84 Å². The molecule has 0 atom stereocenters. The lowest BCUT2D eigenvalue weighted by molar-refractivity contribution is 0.276. The fourth-order valence-corrected chi connectivity index (χ4v) is 1.45. The molecule has 0 fully saturated rings. The largest absolute Gasteiger partial charge is 0.496 e. The highest BCUT2D eigenvalue weighted by molar-refractivity contribution is 5.67. The van der Waals surface area contributed by atoms with Crippen LogP contribution in [0.4, 0.5) is 0 Å². The molecule has 2 rings (SSSR count). The van der Waals surface area contributed by atoms with E-state index in [1.165, 1.54) is 0 Å². The third-order valence-corrected chi connectivity index (χ3v) is 2.19. The summed E-state index contributed by atoms with van der Waals surface area (Å²) in [6, 6.07) is 9.46. The number of aromatic nitrogens is 2. The van der Waals surface area contributed by atoms with Crippen molar-refractivity contribution in [3.8, 4) is 17.0 Å². The van der Waals surface area contributed by atoms with Gasteiger partial charge in [-0.25, -0.2) is 0 Å². The molecule has 0 aliphatic carbocycles. The summed E-state index contributed by atoms with van der Waals surface area (Å²) in [7, 11) is 1.63. The maximum atomic E-state index is 8.91. The fourth-order valence-electron chi connectivity index (χ4n) is 1.45. The fraction of sp³-hybridized carbons (Fsp3) is 0.182. The Kier molecular flexibility index (Phi) is 2.69. The van der Waals surface area contributed by atoms with Crippen LogP contribution in [0.3, 0.4) is 0 Å². The minimum Gasteiger partial charge on any atom is -0.496 e. The van der Waals surface area contributed by atoms with Crippen LogP contribution in [0.1, 0.15) is 5.69 Å². The Morgan fingerprint density at radius 3 is 2.87 bits per heavy atom. The number of methoxy groups -OCH3 is 1. The average Bonchev–Trinajstić information content (AvgIpc) is 2.77. The quantitative estimate of drug-likeness (QED) is 0.798. The van der Waals surface area contributed by atoms with E-state index in [9.17, 15) is 0 Å². The summed E-state index contributed by atoms with van der Waals surface area (Å²) in [6.07, 6.45) is 0. The molecule has 0 bridgehead atoms. The molecule has 0 aliphatic rings. The summed E-state index contributed by atoms with van der Waals surface area (Å²) in [6.45, 7) is -0.0638. The average molecular weight is 204 g/mol. The molecule has 0 aliphatic heterocycles. The van der Waals surface area contributed by atoms with E-state index in [4.69, 9.17) is 9.84 Å². The van der Waals surface area contributed by atoms with Gasteiger partial charge in [0.2, 0.25) is 0 Å². The molecule has 0 saturated carbocycles. The van der Waals surface area contributed by atoms with Gasteiger partial charge in [0.15, 0.2) is 0 Å². The predicted octanol–water partition coefficient (Wildman–Crippen LogP) is 1.58. The summed E-state index contributed by atoms with van der Waals surface area (Å²) in [4.78, 5) is 0. The van der Waals surface area contributed by atoms with Crippen LogP contribution in [0.5, 0.6) is 5.75 Å². The van der Waals surface area contributed by atoms with Gasteiger partial charge in [0.1, 0.15) is 5.75 Å². The second-order valence-corrected chi connectivity index (χ2v) is 3.13. The van der Waals surface area contributed by atoms with Crippen LogP contribution in [-0.2, 0) is 6.61 Å². The van der Waals surface area contributed by atoms with Crippen molar-refractivity contribution in [2.24, 2.45) is 0 Å². The van der Waals surface area contributed by atoms with Gasteiger partial charge in [0, 0.05) is 5.56 Å². The zero-order chi connectivity index (χ0) is 10.7. The minimum absolute atomic E-state index is 0.0638. The Labute approximate surface area is 87.5 Å².